The fourth-order valence-electron chi connectivity index (χ4n) is 5.55. The maximum Gasteiger partial charge on any atom is 0.457 e. The van der Waals surface area contributed by atoms with Crippen LogP contribution < -0.4 is 5.32 Å². The van der Waals surface area contributed by atoms with E-state index in [1.165, 1.54) is 6.42 Å². The van der Waals surface area contributed by atoms with Crippen molar-refractivity contribution in [2.24, 2.45) is 17.8 Å². The monoisotopic (exact) mass is 647 g/mol. The summed E-state index contributed by atoms with van der Waals surface area (Å²) >= 11 is 0. The fourth-order valence-corrected chi connectivity index (χ4v) is 5.55. The molecule has 3 saturated heterocycles. The summed E-state index contributed by atoms with van der Waals surface area (Å²) in [5, 5.41) is 20.4. The Hall–Kier alpha value is -2.82. The molecule has 3 aliphatic rings. The Labute approximate surface area is 275 Å². The van der Waals surface area contributed by atoms with E-state index in [4.69, 9.17) is 43.3 Å². The average molecular weight is 647 g/mol. The summed E-state index contributed by atoms with van der Waals surface area (Å²) in [6.45, 7) is 14.7. The first-order chi connectivity index (χ1) is 21.3. The van der Waals surface area contributed by atoms with Gasteiger partial charge in [0.1, 0.15) is 6.61 Å². The van der Waals surface area contributed by atoms with Crippen molar-refractivity contribution in [1.29, 1.82) is 0 Å². The van der Waals surface area contributed by atoms with Gasteiger partial charge in [-0.1, -0.05) is 50.1 Å². The van der Waals surface area contributed by atoms with E-state index < -0.39 is 7.12 Å². The molecule has 1 amide bonds. The van der Waals surface area contributed by atoms with E-state index >= 15 is 0 Å². The van der Waals surface area contributed by atoms with Crippen LogP contribution in [0.2, 0.25) is 12.6 Å². The molecular weight excluding hydrogens is 594 g/mol. The summed E-state index contributed by atoms with van der Waals surface area (Å²) in [7, 11) is -1.24. The first-order valence-corrected chi connectivity index (χ1v) is 15.7. The van der Waals surface area contributed by atoms with Crippen LogP contribution in [0, 0.1) is 25.2 Å². The van der Waals surface area contributed by atoms with Gasteiger partial charge in [-0.05, 0) is 96.0 Å². The van der Waals surface area contributed by atoms with Crippen molar-refractivity contribution < 1.29 is 48.1 Å². The van der Waals surface area contributed by atoms with Gasteiger partial charge in [0.2, 0.25) is 0 Å². The Morgan fingerprint density at radius 2 is 1.61 bits per heavy atom. The Morgan fingerprint density at radius 1 is 1.02 bits per heavy atom. The smallest absolute Gasteiger partial charge is 0.445 e. The van der Waals surface area contributed by atoms with Crippen LogP contribution in [0.15, 0.2) is 30.3 Å². The fraction of sp³-hybridized carbons (Fsp3) is 0.688. The summed E-state index contributed by atoms with van der Waals surface area (Å²) in [6.07, 6.45) is 7.15. The van der Waals surface area contributed by atoms with E-state index in [1.54, 1.807) is 0 Å². The molecule has 0 radical (unpaired) electrons. The van der Waals surface area contributed by atoms with E-state index in [9.17, 15) is 4.79 Å². The van der Waals surface area contributed by atoms with E-state index in [1.807, 2.05) is 35.2 Å². The maximum absolute atomic E-state index is 12.4. The van der Waals surface area contributed by atoms with Gasteiger partial charge < -0.3 is 41.7 Å². The van der Waals surface area contributed by atoms with E-state index in [0.717, 1.165) is 69.7 Å². The van der Waals surface area contributed by atoms with Gasteiger partial charge in [0.25, 0.3) is 0 Å². The van der Waals surface area contributed by atoms with Gasteiger partial charge >= 0.3 is 32.6 Å². The van der Waals surface area contributed by atoms with Crippen LogP contribution in [0.5, 0.6) is 0 Å². The minimum Gasteiger partial charge on any atom is -0.445 e. The topological polar surface area (TPSA) is 169 Å². The van der Waals surface area contributed by atoms with E-state index in [-0.39, 0.29) is 44.1 Å². The minimum atomic E-state index is -1.11. The molecule has 0 saturated carbocycles. The second kappa shape index (κ2) is 22.7. The zero-order valence-electron chi connectivity index (χ0n) is 28.4. The van der Waals surface area contributed by atoms with Crippen molar-refractivity contribution in [3.05, 3.63) is 43.3 Å². The average Bonchev–Trinajstić information content (AvgIpc) is 3.67. The van der Waals surface area contributed by atoms with Crippen molar-refractivity contribution >= 4 is 32.6 Å². The Bertz CT molecular complexity index is 1010. The molecule has 3 fully saturated rings. The van der Waals surface area contributed by atoms with E-state index in [0.29, 0.717) is 24.8 Å². The number of hydrogen-bond donors (Lipinski definition) is 3. The summed E-state index contributed by atoms with van der Waals surface area (Å²) in [5.41, 5.74) is 0.483. The zero-order valence-corrected chi connectivity index (χ0v) is 28.4. The Kier molecular flexibility index (Phi) is 21.3. The highest BCUT2D eigenvalue weighted by atomic mass is 16.7. The Morgan fingerprint density at radius 3 is 2.13 bits per heavy atom. The molecule has 3 heterocycles. The third-order valence-corrected chi connectivity index (χ3v) is 8.79. The van der Waals surface area contributed by atoms with Crippen molar-refractivity contribution in [2.75, 3.05) is 26.2 Å². The number of rotatable bonds is 10. The molecule has 3 atom stereocenters. The summed E-state index contributed by atoms with van der Waals surface area (Å²) in [5.74, 6) is 1.77. The number of likely N-dealkylation sites (tertiary alicyclic amines) is 1. The predicted molar refractivity (Wildman–Crippen MR) is 173 cm³/mol. The third kappa shape index (κ3) is 16.1. The van der Waals surface area contributed by atoms with Crippen molar-refractivity contribution in [3.8, 4) is 0 Å². The molecular formula is C32H53B2N2O10-. The van der Waals surface area contributed by atoms with Gasteiger partial charge in [0.05, 0.1) is 11.2 Å². The number of carbonyl (C=O) groups is 1. The van der Waals surface area contributed by atoms with Gasteiger partial charge in [-0.25, -0.2) is 4.79 Å². The van der Waals surface area contributed by atoms with Crippen LogP contribution in [0.4, 0.5) is 4.79 Å². The highest BCUT2D eigenvalue weighted by Crippen LogP contribution is 2.38. The van der Waals surface area contributed by atoms with Crippen LogP contribution in [-0.2, 0) is 39.8 Å². The zero-order chi connectivity index (χ0) is 33.9. The molecule has 46 heavy (non-hydrogen) atoms. The number of nitrogens with zero attached hydrogens (tertiary/aromatic N) is 1. The largest absolute Gasteiger partial charge is 0.457 e. The number of carbonyl (C=O) groups excluding carboxylic acids is 5. The van der Waals surface area contributed by atoms with Crippen LogP contribution in [0.1, 0.15) is 72.3 Å². The Balaban J connectivity index is 0.000000933. The highest BCUT2D eigenvalue weighted by molar-refractivity contribution is 6.45. The lowest BCUT2D eigenvalue weighted by atomic mass is 9.80. The van der Waals surface area contributed by atoms with Gasteiger partial charge in [-0.2, -0.15) is 19.2 Å². The molecule has 1 aromatic carbocycles. The molecule has 0 aliphatic carbocycles. The molecule has 3 unspecified atom stereocenters. The number of hydrogen-bond acceptors (Lipinski definition) is 11. The third-order valence-electron chi connectivity index (χ3n) is 8.79. The molecule has 14 heteroatoms. The second-order valence-corrected chi connectivity index (χ2v) is 12.7. The first kappa shape index (κ1) is 43.2. The first-order valence-electron chi connectivity index (χ1n) is 15.7. The number of ether oxygens (including phenoxy) is 1. The van der Waals surface area contributed by atoms with Crippen LogP contribution in [0.25, 0.3) is 0 Å². The van der Waals surface area contributed by atoms with Gasteiger partial charge in [0, 0.05) is 13.1 Å². The molecule has 3 aliphatic heterocycles. The standard InChI is InChI=1S/C22H34BNO4.C7H16BNO2.2CO2.CH3/c1-17-14-24(20(25)26-16-18-10-7-6-8-11-18)15-19(17)12-9-13-23-27-21(2,3)22(4,5)28-23;10-8(11)4-1-2-7-3-5-9-6-7;2*2-1-3;/h6-8,10-11,17,19H,9,12-16H2,1-5H3;7,9-11H,1-6H2;;;1H3/q;;;;-1. The highest BCUT2D eigenvalue weighted by Gasteiger charge is 2.50. The van der Waals surface area contributed by atoms with Crippen LogP contribution in [-0.4, -0.2) is 85.0 Å². The van der Waals surface area contributed by atoms with Crippen LogP contribution in [0.3, 0.4) is 0 Å². The number of nitrogens with one attached hydrogen (secondary N) is 1. The van der Waals surface area contributed by atoms with Crippen molar-refractivity contribution in [2.45, 2.75) is 97.2 Å². The lowest BCUT2D eigenvalue weighted by Crippen LogP contribution is -2.41. The summed E-state index contributed by atoms with van der Waals surface area (Å²) < 4.78 is 17.7. The van der Waals surface area contributed by atoms with Gasteiger partial charge in [-0.3, -0.25) is 0 Å². The summed E-state index contributed by atoms with van der Waals surface area (Å²) in [6, 6.07) is 9.81. The summed E-state index contributed by atoms with van der Waals surface area (Å²) in [4.78, 5) is 46.8. The second-order valence-electron chi connectivity index (χ2n) is 12.7. The van der Waals surface area contributed by atoms with E-state index in [2.05, 4.69) is 39.9 Å². The molecule has 258 valence electrons. The molecule has 4 rings (SSSR count). The van der Waals surface area contributed by atoms with Crippen LogP contribution >= 0.6 is 0 Å². The molecule has 1 aromatic rings. The maximum atomic E-state index is 12.4. The van der Waals surface area contributed by atoms with Gasteiger partial charge in [0.15, 0.2) is 0 Å². The normalized spacial score (nSPS) is 21.8. The SMILES string of the molecule is CC1CN(C(=O)OCc2ccccc2)CC1CCCB1OC(C)(C)C(C)(C)O1.O=C=O.O=C=O.OB(O)CCCC1CCNC1.[CH3-]. The number of amides is 1. The molecule has 3 N–H and O–H groups in total. The van der Waals surface area contributed by atoms with Gasteiger partial charge in [-0.15, -0.1) is 0 Å². The molecule has 0 aromatic heterocycles. The minimum absolute atomic E-state index is 0. The lowest BCUT2D eigenvalue weighted by Gasteiger charge is -2.32. The quantitative estimate of drug-likeness (QED) is 0.249. The lowest BCUT2D eigenvalue weighted by molar-refractivity contribution is -0.193. The molecule has 0 spiro atoms. The van der Waals surface area contributed by atoms with Crippen molar-refractivity contribution in [1.82, 2.24) is 10.2 Å². The number of benzene rings is 1. The predicted octanol–water partition coefficient (Wildman–Crippen LogP) is 3.90. The molecule has 12 nitrogen and oxygen atoms in total. The molecule has 0 bridgehead atoms. The van der Waals surface area contributed by atoms with Crippen molar-refractivity contribution in [3.63, 3.8) is 0 Å².